The summed E-state index contributed by atoms with van der Waals surface area (Å²) < 4.78 is 0. The third-order valence-corrected chi connectivity index (χ3v) is 5.92. The maximum atomic E-state index is 10.5. The van der Waals surface area contributed by atoms with Crippen LogP contribution in [0.15, 0.2) is 18.6 Å². The topological polar surface area (TPSA) is 65.0 Å². The van der Waals surface area contributed by atoms with Gasteiger partial charge in [0.2, 0.25) is 0 Å². The molecule has 0 amide bonds. The number of aliphatic hydroxyl groups excluding tert-OH is 1. The summed E-state index contributed by atoms with van der Waals surface area (Å²) in [5.74, 6) is 1.41. The molecular formula is C19H28N4O. The van der Waals surface area contributed by atoms with Crippen LogP contribution in [0.4, 0.5) is 5.82 Å². The van der Waals surface area contributed by atoms with Gasteiger partial charge in [0.25, 0.3) is 0 Å². The van der Waals surface area contributed by atoms with Crippen LogP contribution in [-0.4, -0.2) is 38.7 Å². The molecule has 130 valence electrons. The molecule has 0 saturated heterocycles. The van der Waals surface area contributed by atoms with E-state index in [0.29, 0.717) is 12.0 Å². The van der Waals surface area contributed by atoms with E-state index in [4.69, 9.17) is 0 Å². The van der Waals surface area contributed by atoms with Gasteiger partial charge in [0.1, 0.15) is 17.8 Å². The van der Waals surface area contributed by atoms with Gasteiger partial charge < -0.3 is 15.0 Å². The van der Waals surface area contributed by atoms with Crippen molar-refractivity contribution in [3.8, 4) is 0 Å². The number of rotatable bonds is 4. The summed E-state index contributed by atoms with van der Waals surface area (Å²) in [5.41, 5.74) is 0.907. The standard InChI is InChI=1S/C19H28N4O/c24-17-9-5-4-6-14(17)12-23(15-7-2-1-3-8-15)19-16-10-11-20-18(16)21-13-22-19/h10-11,13-15,17,24H,1-9,12H2,(H,20,21,22). The Labute approximate surface area is 143 Å². The highest BCUT2D eigenvalue weighted by Crippen LogP contribution is 2.33. The fraction of sp³-hybridized carbons (Fsp3) is 0.684. The molecule has 2 aromatic rings. The first kappa shape index (κ1) is 15.9. The van der Waals surface area contributed by atoms with Gasteiger partial charge in [0.05, 0.1) is 11.5 Å². The van der Waals surface area contributed by atoms with Gasteiger partial charge in [-0.15, -0.1) is 0 Å². The van der Waals surface area contributed by atoms with E-state index in [9.17, 15) is 5.11 Å². The van der Waals surface area contributed by atoms with Crippen LogP contribution in [0.25, 0.3) is 11.0 Å². The van der Waals surface area contributed by atoms with Crippen molar-refractivity contribution in [2.75, 3.05) is 11.4 Å². The molecule has 2 atom stereocenters. The maximum Gasteiger partial charge on any atom is 0.142 e. The van der Waals surface area contributed by atoms with Crippen molar-refractivity contribution in [2.24, 2.45) is 5.92 Å². The summed E-state index contributed by atoms with van der Waals surface area (Å²) in [6.45, 7) is 0.920. The summed E-state index contributed by atoms with van der Waals surface area (Å²) >= 11 is 0. The van der Waals surface area contributed by atoms with Crippen LogP contribution in [0.3, 0.4) is 0 Å². The molecular weight excluding hydrogens is 300 g/mol. The molecule has 24 heavy (non-hydrogen) atoms. The molecule has 2 aromatic heterocycles. The number of nitrogens with one attached hydrogen (secondary N) is 1. The van der Waals surface area contributed by atoms with Crippen LogP contribution >= 0.6 is 0 Å². The zero-order chi connectivity index (χ0) is 16.4. The predicted molar refractivity (Wildman–Crippen MR) is 96.1 cm³/mol. The molecule has 0 aliphatic heterocycles. The normalized spacial score (nSPS) is 25.9. The van der Waals surface area contributed by atoms with Gasteiger partial charge in [-0.05, 0) is 31.7 Å². The minimum Gasteiger partial charge on any atom is -0.393 e. The lowest BCUT2D eigenvalue weighted by molar-refractivity contribution is 0.0716. The molecule has 2 aliphatic rings. The van der Waals surface area contributed by atoms with Crippen molar-refractivity contribution in [3.05, 3.63) is 18.6 Å². The first-order valence-corrected chi connectivity index (χ1v) is 9.56. The molecule has 5 heteroatoms. The van der Waals surface area contributed by atoms with Crippen molar-refractivity contribution in [1.29, 1.82) is 0 Å². The number of hydrogen-bond donors (Lipinski definition) is 2. The highest BCUT2D eigenvalue weighted by Gasteiger charge is 2.30. The van der Waals surface area contributed by atoms with Gasteiger partial charge in [0, 0.05) is 24.7 Å². The Morgan fingerprint density at radius 1 is 1.04 bits per heavy atom. The quantitative estimate of drug-likeness (QED) is 0.899. The average molecular weight is 328 g/mol. The van der Waals surface area contributed by atoms with Crippen LogP contribution in [0.5, 0.6) is 0 Å². The lowest BCUT2D eigenvalue weighted by atomic mass is 9.85. The van der Waals surface area contributed by atoms with Crippen LogP contribution in [-0.2, 0) is 0 Å². The summed E-state index contributed by atoms with van der Waals surface area (Å²) in [4.78, 5) is 14.7. The van der Waals surface area contributed by atoms with E-state index in [1.54, 1.807) is 6.33 Å². The number of aliphatic hydroxyl groups is 1. The van der Waals surface area contributed by atoms with E-state index >= 15 is 0 Å². The molecule has 0 radical (unpaired) electrons. The third kappa shape index (κ3) is 3.14. The smallest absolute Gasteiger partial charge is 0.142 e. The Morgan fingerprint density at radius 3 is 2.67 bits per heavy atom. The molecule has 2 fully saturated rings. The summed E-state index contributed by atoms with van der Waals surface area (Å²) in [6.07, 6.45) is 14.4. The van der Waals surface area contributed by atoms with Crippen molar-refractivity contribution in [1.82, 2.24) is 15.0 Å². The first-order valence-electron chi connectivity index (χ1n) is 9.56. The molecule has 0 spiro atoms. The minimum atomic E-state index is -0.159. The van der Waals surface area contributed by atoms with Gasteiger partial charge in [-0.25, -0.2) is 9.97 Å². The monoisotopic (exact) mass is 328 g/mol. The second-order valence-electron chi connectivity index (χ2n) is 7.49. The molecule has 2 aliphatic carbocycles. The molecule has 2 saturated carbocycles. The van der Waals surface area contributed by atoms with Crippen molar-refractivity contribution < 1.29 is 5.11 Å². The zero-order valence-electron chi connectivity index (χ0n) is 14.3. The van der Waals surface area contributed by atoms with Gasteiger partial charge in [-0.3, -0.25) is 0 Å². The Morgan fingerprint density at radius 2 is 1.83 bits per heavy atom. The number of hydrogen-bond acceptors (Lipinski definition) is 4. The highest BCUT2D eigenvalue weighted by molar-refractivity contribution is 5.87. The van der Waals surface area contributed by atoms with E-state index < -0.39 is 0 Å². The zero-order valence-corrected chi connectivity index (χ0v) is 14.3. The third-order valence-electron chi connectivity index (χ3n) is 5.92. The van der Waals surface area contributed by atoms with Crippen LogP contribution < -0.4 is 4.90 Å². The number of aromatic amines is 1. The Bertz CT molecular complexity index is 664. The van der Waals surface area contributed by atoms with Crippen molar-refractivity contribution in [2.45, 2.75) is 69.9 Å². The van der Waals surface area contributed by atoms with Gasteiger partial charge in [0.15, 0.2) is 0 Å². The van der Waals surface area contributed by atoms with E-state index in [1.165, 1.54) is 38.5 Å². The summed E-state index contributed by atoms with van der Waals surface area (Å²) in [6, 6.07) is 2.62. The number of nitrogens with zero attached hydrogens (tertiary/aromatic N) is 3. The number of H-pyrrole nitrogens is 1. The Balaban J connectivity index is 1.65. The van der Waals surface area contributed by atoms with E-state index in [2.05, 4.69) is 25.9 Å². The Kier molecular flexibility index (Phi) is 4.69. The maximum absolute atomic E-state index is 10.5. The molecule has 2 N–H and O–H groups in total. The van der Waals surface area contributed by atoms with Crippen molar-refractivity contribution in [3.63, 3.8) is 0 Å². The fourth-order valence-corrected chi connectivity index (χ4v) is 4.54. The molecule has 4 rings (SSSR count). The summed E-state index contributed by atoms with van der Waals surface area (Å²) in [7, 11) is 0. The molecule has 2 heterocycles. The molecule has 5 nitrogen and oxygen atoms in total. The predicted octanol–water partition coefficient (Wildman–Crippen LogP) is 3.65. The largest absolute Gasteiger partial charge is 0.393 e. The van der Waals surface area contributed by atoms with Gasteiger partial charge in [-0.1, -0.05) is 32.1 Å². The molecule has 2 unspecified atom stereocenters. The second kappa shape index (κ2) is 7.09. The lowest BCUT2D eigenvalue weighted by Gasteiger charge is -2.40. The fourth-order valence-electron chi connectivity index (χ4n) is 4.54. The second-order valence-corrected chi connectivity index (χ2v) is 7.49. The van der Waals surface area contributed by atoms with Gasteiger partial charge in [-0.2, -0.15) is 0 Å². The Hall–Kier alpha value is -1.62. The van der Waals surface area contributed by atoms with Crippen molar-refractivity contribution >= 4 is 16.9 Å². The number of aromatic nitrogens is 3. The highest BCUT2D eigenvalue weighted by atomic mass is 16.3. The van der Waals surface area contributed by atoms with E-state index in [0.717, 1.165) is 42.7 Å². The van der Waals surface area contributed by atoms with E-state index in [-0.39, 0.29) is 6.10 Å². The van der Waals surface area contributed by atoms with Crippen LogP contribution in [0.2, 0.25) is 0 Å². The van der Waals surface area contributed by atoms with Crippen LogP contribution in [0, 0.1) is 5.92 Å². The average Bonchev–Trinajstić information content (AvgIpc) is 3.11. The number of fused-ring (bicyclic) bond motifs is 1. The van der Waals surface area contributed by atoms with E-state index in [1.807, 2.05) is 6.20 Å². The van der Waals surface area contributed by atoms with Crippen LogP contribution in [0.1, 0.15) is 57.8 Å². The summed E-state index contributed by atoms with van der Waals surface area (Å²) in [5, 5.41) is 11.6. The minimum absolute atomic E-state index is 0.159. The lowest BCUT2D eigenvalue weighted by Crippen LogP contribution is -2.44. The first-order chi connectivity index (χ1) is 11.8. The number of anilines is 1. The molecule has 0 aromatic carbocycles. The van der Waals surface area contributed by atoms with Gasteiger partial charge >= 0.3 is 0 Å². The SMILES string of the molecule is OC1CCCCC1CN(c1ncnc2[nH]ccc12)C1CCCCC1. The molecule has 0 bridgehead atoms.